The zero-order valence-electron chi connectivity index (χ0n) is 16.4. The lowest BCUT2D eigenvalue weighted by Gasteiger charge is -2.21. The van der Waals surface area contributed by atoms with Crippen molar-refractivity contribution in [3.8, 4) is 0 Å². The van der Waals surface area contributed by atoms with Gasteiger partial charge in [0, 0.05) is 45.9 Å². The third kappa shape index (κ3) is 11.4. The van der Waals surface area contributed by atoms with E-state index in [1.807, 2.05) is 19.1 Å². The molecular weight excluding hydrogens is 457 g/mol. The second kappa shape index (κ2) is 14.9. The van der Waals surface area contributed by atoms with Gasteiger partial charge in [-0.1, -0.05) is 12.2 Å². The Morgan fingerprint density at radius 3 is 2.78 bits per heavy atom. The molecule has 1 saturated heterocycles. The van der Waals surface area contributed by atoms with E-state index in [2.05, 4.69) is 22.2 Å². The smallest absolute Gasteiger partial charge is 0.191 e. The van der Waals surface area contributed by atoms with Gasteiger partial charge in [-0.05, 0) is 44.2 Å². The molecule has 1 aliphatic rings. The van der Waals surface area contributed by atoms with Crippen LogP contribution in [0.1, 0.15) is 31.9 Å². The van der Waals surface area contributed by atoms with Gasteiger partial charge in [0.15, 0.2) is 5.96 Å². The lowest BCUT2D eigenvalue weighted by Crippen LogP contribution is -2.39. The molecule has 0 atom stereocenters. The van der Waals surface area contributed by atoms with E-state index >= 15 is 0 Å². The molecule has 0 saturated carbocycles. The molecule has 1 aromatic heterocycles. The van der Waals surface area contributed by atoms with Crippen molar-refractivity contribution in [2.75, 3.05) is 46.1 Å². The summed E-state index contributed by atoms with van der Waals surface area (Å²) in [7, 11) is 0. The summed E-state index contributed by atoms with van der Waals surface area (Å²) >= 11 is 0. The van der Waals surface area contributed by atoms with Gasteiger partial charge in [0.2, 0.25) is 0 Å². The van der Waals surface area contributed by atoms with Gasteiger partial charge in [-0.25, -0.2) is 4.99 Å². The molecule has 2 N–H and O–H groups in total. The zero-order chi connectivity index (χ0) is 18.5. The van der Waals surface area contributed by atoms with Crippen LogP contribution < -0.4 is 10.6 Å². The number of aliphatic imine (C=N–C) groups is 1. The first-order valence-corrected chi connectivity index (χ1v) is 9.58. The number of guanidine groups is 1. The van der Waals surface area contributed by atoms with Gasteiger partial charge in [-0.3, -0.25) is 0 Å². The molecule has 27 heavy (non-hydrogen) atoms. The molecule has 0 amide bonds. The van der Waals surface area contributed by atoms with Crippen molar-refractivity contribution in [2.24, 2.45) is 10.9 Å². The number of furan rings is 1. The van der Waals surface area contributed by atoms with Crippen molar-refractivity contribution in [1.29, 1.82) is 0 Å². The van der Waals surface area contributed by atoms with E-state index in [1.165, 1.54) is 0 Å². The Bertz CT molecular complexity index is 529. The molecule has 1 aromatic rings. The molecule has 0 aliphatic carbocycles. The lowest BCUT2D eigenvalue weighted by molar-refractivity contribution is 0.0203. The number of nitrogens with one attached hydrogen (secondary N) is 2. The van der Waals surface area contributed by atoms with Crippen molar-refractivity contribution in [3.05, 3.63) is 36.3 Å². The standard InChI is InChI=1S/C20H33N3O3.HI/c1-17(2)15-23-20(22-10-6-19-5-3-12-26-19)21-9-4-11-25-16-18-7-13-24-14-8-18;/h3,5,12,18H,1,4,6-11,13-16H2,2H3,(H2,21,22,23);1H. The molecular formula is C20H34IN3O3. The molecule has 2 rings (SSSR count). The SMILES string of the molecule is C=C(C)CN=C(NCCCOCC1CCOCC1)NCCc1ccco1.I. The maximum Gasteiger partial charge on any atom is 0.191 e. The first-order chi connectivity index (χ1) is 12.7. The molecule has 7 heteroatoms. The fourth-order valence-corrected chi connectivity index (χ4v) is 2.69. The van der Waals surface area contributed by atoms with E-state index in [-0.39, 0.29) is 24.0 Å². The Labute approximate surface area is 180 Å². The molecule has 1 fully saturated rings. The van der Waals surface area contributed by atoms with E-state index in [4.69, 9.17) is 13.9 Å². The van der Waals surface area contributed by atoms with Gasteiger partial charge in [0.05, 0.1) is 12.8 Å². The topological polar surface area (TPSA) is 68.0 Å². The molecule has 0 aromatic carbocycles. The quantitative estimate of drug-likeness (QED) is 0.163. The Kier molecular flexibility index (Phi) is 13.3. The minimum atomic E-state index is 0. The highest BCUT2D eigenvalue weighted by Gasteiger charge is 2.13. The van der Waals surface area contributed by atoms with Crippen molar-refractivity contribution < 1.29 is 13.9 Å². The monoisotopic (exact) mass is 491 g/mol. The summed E-state index contributed by atoms with van der Waals surface area (Å²) in [6, 6.07) is 3.89. The van der Waals surface area contributed by atoms with Crippen LogP contribution in [0.15, 0.2) is 40.0 Å². The summed E-state index contributed by atoms with van der Waals surface area (Å²) in [4.78, 5) is 4.54. The highest BCUT2D eigenvalue weighted by Crippen LogP contribution is 2.14. The Hall–Kier alpha value is -1.06. The van der Waals surface area contributed by atoms with Crippen LogP contribution in [0.25, 0.3) is 0 Å². The van der Waals surface area contributed by atoms with Crippen molar-refractivity contribution >= 4 is 29.9 Å². The van der Waals surface area contributed by atoms with Crippen molar-refractivity contribution in [3.63, 3.8) is 0 Å². The molecule has 0 bridgehead atoms. The normalized spacial score (nSPS) is 15.2. The van der Waals surface area contributed by atoms with Gasteiger partial charge in [-0.15, -0.1) is 24.0 Å². The van der Waals surface area contributed by atoms with Crippen LogP contribution in [0.2, 0.25) is 0 Å². The fraction of sp³-hybridized carbons (Fsp3) is 0.650. The average Bonchev–Trinajstić information content (AvgIpc) is 3.16. The lowest BCUT2D eigenvalue weighted by atomic mass is 10.0. The van der Waals surface area contributed by atoms with E-state index in [0.29, 0.717) is 12.5 Å². The second-order valence-corrected chi connectivity index (χ2v) is 6.79. The third-order valence-electron chi connectivity index (χ3n) is 4.20. The van der Waals surface area contributed by atoms with Crippen LogP contribution in [0.4, 0.5) is 0 Å². The summed E-state index contributed by atoms with van der Waals surface area (Å²) in [5, 5.41) is 6.70. The number of halogens is 1. The molecule has 0 spiro atoms. The zero-order valence-corrected chi connectivity index (χ0v) is 18.7. The number of hydrogen-bond acceptors (Lipinski definition) is 4. The number of rotatable bonds is 11. The van der Waals surface area contributed by atoms with Gasteiger partial charge >= 0.3 is 0 Å². The van der Waals surface area contributed by atoms with E-state index < -0.39 is 0 Å². The van der Waals surface area contributed by atoms with Gasteiger partial charge in [-0.2, -0.15) is 0 Å². The molecule has 2 heterocycles. The first kappa shape index (κ1) is 24.0. The van der Waals surface area contributed by atoms with Gasteiger partial charge in [0.1, 0.15) is 5.76 Å². The fourth-order valence-electron chi connectivity index (χ4n) is 2.69. The van der Waals surface area contributed by atoms with Crippen LogP contribution >= 0.6 is 24.0 Å². The van der Waals surface area contributed by atoms with Gasteiger partial charge < -0.3 is 24.5 Å². The number of nitrogens with zero attached hydrogens (tertiary/aromatic N) is 1. The average molecular weight is 491 g/mol. The third-order valence-corrected chi connectivity index (χ3v) is 4.20. The predicted molar refractivity (Wildman–Crippen MR) is 120 cm³/mol. The van der Waals surface area contributed by atoms with Crippen LogP contribution in [0, 0.1) is 5.92 Å². The summed E-state index contributed by atoms with van der Waals surface area (Å²) in [5.74, 6) is 2.44. The summed E-state index contributed by atoms with van der Waals surface area (Å²) in [6.07, 6.45) is 5.72. The van der Waals surface area contributed by atoms with E-state index in [9.17, 15) is 0 Å². The highest BCUT2D eigenvalue weighted by molar-refractivity contribution is 14.0. The number of hydrogen-bond donors (Lipinski definition) is 2. The molecule has 6 nitrogen and oxygen atoms in total. The predicted octanol–water partition coefficient (Wildman–Crippen LogP) is 3.38. The number of ether oxygens (including phenoxy) is 2. The Morgan fingerprint density at radius 1 is 1.30 bits per heavy atom. The maximum absolute atomic E-state index is 5.80. The summed E-state index contributed by atoms with van der Waals surface area (Å²) in [6.45, 7) is 11.5. The maximum atomic E-state index is 5.80. The van der Waals surface area contributed by atoms with Crippen molar-refractivity contribution in [1.82, 2.24) is 10.6 Å². The molecule has 0 unspecified atom stereocenters. The van der Waals surface area contributed by atoms with E-state index in [0.717, 1.165) is 82.5 Å². The van der Waals surface area contributed by atoms with Crippen LogP contribution in [-0.2, 0) is 15.9 Å². The Morgan fingerprint density at radius 2 is 2.07 bits per heavy atom. The molecule has 0 radical (unpaired) electrons. The van der Waals surface area contributed by atoms with Crippen LogP contribution in [0.5, 0.6) is 0 Å². The largest absolute Gasteiger partial charge is 0.469 e. The van der Waals surface area contributed by atoms with Crippen LogP contribution in [-0.4, -0.2) is 52.0 Å². The van der Waals surface area contributed by atoms with Gasteiger partial charge in [0.25, 0.3) is 0 Å². The second-order valence-electron chi connectivity index (χ2n) is 6.79. The molecule has 154 valence electrons. The minimum Gasteiger partial charge on any atom is -0.469 e. The van der Waals surface area contributed by atoms with Crippen LogP contribution in [0.3, 0.4) is 0 Å². The highest BCUT2D eigenvalue weighted by atomic mass is 127. The molecule has 1 aliphatic heterocycles. The van der Waals surface area contributed by atoms with Crippen molar-refractivity contribution in [2.45, 2.75) is 32.6 Å². The first-order valence-electron chi connectivity index (χ1n) is 9.58. The summed E-state index contributed by atoms with van der Waals surface area (Å²) in [5.41, 5.74) is 1.04. The van der Waals surface area contributed by atoms with E-state index in [1.54, 1.807) is 6.26 Å². The Balaban J connectivity index is 0.00000364. The summed E-state index contributed by atoms with van der Waals surface area (Å²) < 4.78 is 16.5. The minimum absolute atomic E-state index is 0.